The van der Waals surface area contributed by atoms with Crippen molar-refractivity contribution in [1.82, 2.24) is 20.2 Å². The molecule has 1 aliphatic carbocycles. The summed E-state index contributed by atoms with van der Waals surface area (Å²) in [4.78, 5) is 25.0. The zero-order valence-corrected chi connectivity index (χ0v) is 16.7. The minimum atomic E-state index is -0.763. The molecule has 8 heteroatoms. The molecule has 0 aliphatic heterocycles. The number of carbonyl (C=O) groups excluding carboxylic acids is 2. The van der Waals surface area contributed by atoms with Crippen molar-refractivity contribution >= 4 is 17.3 Å². The molecule has 0 spiro atoms. The molecule has 2 unspecified atom stereocenters. The standard InChI is InChI=1S/C22H22F2N4O2/c1-22(2)13(12-25-20(29)16-11-14(23)5-6-17(16)24)10-19(22)27-21(30)15-4-3-9-28-18(15)7-8-26-28/h3-9,11,13,19H,10,12H2,1-2H3,(H,25,29)(H,27,30). The summed E-state index contributed by atoms with van der Waals surface area (Å²) < 4.78 is 28.7. The molecule has 3 aromatic rings. The maximum atomic E-state index is 13.8. The second kappa shape index (κ2) is 7.51. The van der Waals surface area contributed by atoms with Crippen LogP contribution in [0.2, 0.25) is 0 Å². The van der Waals surface area contributed by atoms with E-state index in [1.807, 2.05) is 13.8 Å². The Balaban J connectivity index is 1.37. The minimum absolute atomic E-state index is 0.0685. The monoisotopic (exact) mass is 412 g/mol. The van der Waals surface area contributed by atoms with Crippen LogP contribution in [-0.2, 0) is 0 Å². The number of hydrogen-bond donors (Lipinski definition) is 2. The van der Waals surface area contributed by atoms with E-state index in [4.69, 9.17) is 0 Å². The zero-order chi connectivity index (χ0) is 21.5. The maximum Gasteiger partial charge on any atom is 0.254 e. The smallest absolute Gasteiger partial charge is 0.254 e. The van der Waals surface area contributed by atoms with Gasteiger partial charge >= 0.3 is 0 Å². The fraction of sp³-hybridized carbons (Fsp3) is 0.318. The number of amides is 2. The largest absolute Gasteiger partial charge is 0.352 e. The summed E-state index contributed by atoms with van der Waals surface area (Å²) in [6, 6.07) is 8.03. The molecule has 4 rings (SSSR count). The van der Waals surface area contributed by atoms with Crippen LogP contribution >= 0.6 is 0 Å². The van der Waals surface area contributed by atoms with Gasteiger partial charge in [0.1, 0.15) is 11.6 Å². The molecule has 0 saturated heterocycles. The number of rotatable bonds is 5. The average Bonchev–Trinajstić information content (AvgIpc) is 3.20. The molecule has 6 nitrogen and oxygen atoms in total. The third-order valence-electron chi connectivity index (χ3n) is 6.14. The summed E-state index contributed by atoms with van der Waals surface area (Å²) in [5.41, 5.74) is 0.692. The normalized spacial score (nSPS) is 19.9. The van der Waals surface area contributed by atoms with E-state index in [2.05, 4.69) is 15.7 Å². The van der Waals surface area contributed by atoms with Gasteiger partial charge in [-0.25, -0.2) is 13.3 Å². The topological polar surface area (TPSA) is 75.5 Å². The lowest BCUT2D eigenvalue weighted by Crippen LogP contribution is -2.60. The first-order valence-electron chi connectivity index (χ1n) is 9.74. The molecule has 0 radical (unpaired) electrons. The molecule has 2 N–H and O–H groups in total. The van der Waals surface area contributed by atoms with Gasteiger partial charge in [0.2, 0.25) is 0 Å². The lowest BCUT2D eigenvalue weighted by atomic mass is 9.58. The van der Waals surface area contributed by atoms with Crippen molar-refractivity contribution in [2.24, 2.45) is 11.3 Å². The predicted molar refractivity (Wildman–Crippen MR) is 107 cm³/mol. The van der Waals surface area contributed by atoms with Gasteiger partial charge in [-0.2, -0.15) is 5.10 Å². The van der Waals surface area contributed by atoms with E-state index in [-0.39, 0.29) is 28.8 Å². The Morgan fingerprint density at radius 2 is 1.97 bits per heavy atom. The molecule has 156 valence electrons. The lowest BCUT2D eigenvalue weighted by molar-refractivity contribution is 0.0150. The Labute approximate surface area is 172 Å². The van der Waals surface area contributed by atoms with Gasteiger partial charge in [-0.3, -0.25) is 9.59 Å². The summed E-state index contributed by atoms with van der Waals surface area (Å²) in [5, 5.41) is 9.89. The summed E-state index contributed by atoms with van der Waals surface area (Å²) in [5.74, 6) is -2.16. The Hall–Kier alpha value is -3.29. The fourth-order valence-corrected chi connectivity index (χ4v) is 3.97. The molecule has 2 aromatic heterocycles. The van der Waals surface area contributed by atoms with Crippen LogP contribution in [0.15, 0.2) is 48.8 Å². The molecule has 30 heavy (non-hydrogen) atoms. The van der Waals surface area contributed by atoms with Gasteiger partial charge in [-0.1, -0.05) is 13.8 Å². The molecule has 1 aliphatic rings. The summed E-state index contributed by atoms with van der Waals surface area (Å²) in [6.45, 7) is 4.34. The quantitative estimate of drug-likeness (QED) is 0.676. The Bertz CT molecular complexity index is 1130. The van der Waals surface area contributed by atoms with Crippen molar-refractivity contribution in [1.29, 1.82) is 0 Å². The summed E-state index contributed by atoms with van der Waals surface area (Å²) >= 11 is 0. The van der Waals surface area contributed by atoms with Crippen LogP contribution < -0.4 is 10.6 Å². The number of pyridine rings is 1. The lowest BCUT2D eigenvalue weighted by Gasteiger charge is -2.52. The number of carbonyl (C=O) groups is 2. The van der Waals surface area contributed by atoms with Gasteiger partial charge in [0.25, 0.3) is 11.8 Å². The van der Waals surface area contributed by atoms with Crippen LogP contribution in [0.25, 0.3) is 5.52 Å². The van der Waals surface area contributed by atoms with Crippen LogP contribution in [0.1, 0.15) is 41.0 Å². The number of nitrogens with zero attached hydrogens (tertiary/aromatic N) is 2. The number of hydrogen-bond acceptors (Lipinski definition) is 3. The number of fused-ring (bicyclic) bond motifs is 1. The SMILES string of the molecule is CC1(C)C(CNC(=O)c2cc(F)ccc2F)CC1NC(=O)c1cccn2nccc12. The van der Waals surface area contributed by atoms with Crippen LogP contribution in [0.4, 0.5) is 8.78 Å². The van der Waals surface area contributed by atoms with E-state index in [0.29, 0.717) is 18.5 Å². The van der Waals surface area contributed by atoms with Crippen molar-refractivity contribution in [2.45, 2.75) is 26.3 Å². The van der Waals surface area contributed by atoms with Crippen molar-refractivity contribution in [3.63, 3.8) is 0 Å². The van der Waals surface area contributed by atoms with Crippen molar-refractivity contribution in [3.8, 4) is 0 Å². The third-order valence-corrected chi connectivity index (χ3v) is 6.14. The minimum Gasteiger partial charge on any atom is -0.352 e. The number of benzene rings is 1. The summed E-state index contributed by atoms with van der Waals surface area (Å²) in [7, 11) is 0. The molecular formula is C22H22F2N4O2. The molecule has 1 fully saturated rings. The van der Waals surface area contributed by atoms with Gasteiger partial charge < -0.3 is 10.6 Å². The van der Waals surface area contributed by atoms with Crippen LogP contribution in [0.3, 0.4) is 0 Å². The van der Waals surface area contributed by atoms with E-state index < -0.39 is 17.5 Å². The van der Waals surface area contributed by atoms with E-state index >= 15 is 0 Å². The van der Waals surface area contributed by atoms with Crippen molar-refractivity contribution in [3.05, 3.63) is 71.6 Å². The predicted octanol–water partition coefficient (Wildman–Crippen LogP) is 3.19. The molecule has 1 aromatic carbocycles. The number of halogens is 2. The first-order valence-corrected chi connectivity index (χ1v) is 9.74. The Kier molecular flexibility index (Phi) is 5.01. The number of nitrogens with one attached hydrogen (secondary N) is 2. The van der Waals surface area contributed by atoms with E-state index in [1.54, 1.807) is 35.1 Å². The summed E-state index contributed by atoms with van der Waals surface area (Å²) in [6.07, 6.45) is 4.09. The van der Waals surface area contributed by atoms with Gasteiger partial charge in [-0.15, -0.1) is 0 Å². The Morgan fingerprint density at radius 3 is 2.73 bits per heavy atom. The Morgan fingerprint density at radius 1 is 1.17 bits per heavy atom. The highest BCUT2D eigenvalue weighted by Gasteiger charge is 2.48. The molecule has 1 saturated carbocycles. The van der Waals surface area contributed by atoms with E-state index in [1.165, 1.54) is 0 Å². The first kappa shape index (κ1) is 20.0. The second-order valence-corrected chi connectivity index (χ2v) is 8.20. The van der Waals surface area contributed by atoms with Crippen LogP contribution in [-0.4, -0.2) is 34.0 Å². The maximum absolute atomic E-state index is 13.8. The van der Waals surface area contributed by atoms with Crippen molar-refractivity contribution < 1.29 is 18.4 Å². The third kappa shape index (κ3) is 3.53. The van der Waals surface area contributed by atoms with E-state index in [0.717, 1.165) is 23.7 Å². The van der Waals surface area contributed by atoms with E-state index in [9.17, 15) is 18.4 Å². The van der Waals surface area contributed by atoms with Gasteiger partial charge in [0, 0.05) is 18.8 Å². The fourth-order valence-electron chi connectivity index (χ4n) is 3.97. The molecule has 2 atom stereocenters. The highest BCUT2D eigenvalue weighted by molar-refractivity contribution is 6.00. The number of aromatic nitrogens is 2. The van der Waals surface area contributed by atoms with Gasteiger partial charge in [0.15, 0.2) is 0 Å². The second-order valence-electron chi connectivity index (χ2n) is 8.20. The molecule has 0 bridgehead atoms. The van der Waals surface area contributed by atoms with Gasteiger partial charge in [-0.05, 0) is 54.2 Å². The average molecular weight is 412 g/mol. The molecule has 2 heterocycles. The highest BCUT2D eigenvalue weighted by Crippen LogP contribution is 2.46. The first-order chi connectivity index (χ1) is 14.3. The van der Waals surface area contributed by atoms with Crippen molar-refractivity contribution in [2.75, 3.05) is 6.54 Å². The van der Waals surface area contributed by atoms with Gasteiger partial charge in [0.05, 0.1) is 22.8 Å². The molecular weight excluding hydrogens is 390 g/mol. The van der Waals surface area contributed by atoms with Crippen LogP contribution in [0, 0.1) is 23.0 Å². The highest BCUT2D eigenvalue weighted by atomic mass is 19.1. The zero-order valence-electron chi connectivity index (χ0n) is 16.7. The molecule has 2 amide bonds. The van der Waals surface area contributed by atoms with Crippen LogP contribution in [0.5, 0.6) is 0 Å².